The monoisotopic (exact) mass is 391 g/mol. The number of ether oxygens (including phenoxy) is 1. The fraction of sp³-hybridized carbons (Fsp3) is 0.429. The second-order valence-electron chi connectivity index (χ2n) is 7.76. The van der Waals surface area contributed by atoms with Gasteiger partial charge < -0.3 is 9.84 Å². The second-order valence-corrected chi connectivity index (χ2v) is 8.58. The maximum absolute atomic E-state index is 10.0. The highest BCUT2D eigenvalue weighted by atomic mass is 35.5. The van der Waals surface area contributed by atoms with Gasteiger partial charge in [0, 0.05) is 34.7 Å². The topological polar surface area (TPSA) is 32.7 Å². The lowest BCUT2D eigenvalue weighted by atomic mass is 9.92. The van der Waals surface area contributed by atoms with Crippen LogP contribution in [-0.4, -0.2) is 28.7 Å². The van der Waals surface area contributed by atoms with Crippen molar-refractivity contribution in [1.82, 2.24) is 4.90 Å². The molecular weight excluding hydrogens is 369 g/mol. The lowest BCUT2D eigenvalue weighted by Gasteiger charge is -2.47. The van der Waals surface area contributed by atoms with Gasteiger partial charge in [0.25, 0.3) is 0 Å². The first-order valence-electron chi connectivity index (χ1n) is 8.99. The van der Waals surface area contributed by atoms with E-state index in [4.69, 9.17) is 27.9 Å². The van der Waals surface area contributed by atoms with Crippen molar-refractivity contribution < 1.29 is 9.84 Å². The summed E-state index contributed by atoms with van der Waals surface area (Å²) in [6.45, 7) is 5.84. The van der Waals surface area contributed by atoms with Gasteiger partial charge in [0.15, 0.2) is 0 Å². The molecule has 1 aliphatic heterocycles. The molecule has 0 bridgehead atoms. The van der Waals surface area contributed by atoms with Crippen LogP contribution < -0.4 is 4.74 Å². The molecule has 0 amide bonds. The normalized spacial score (nSPS) is 21.3. The van der Waals surface area contributed by atoms with E-state index in [9.17, 15) is 5.11 Å². The first kappa shape index (κ1) is 18.1. The molecule has 3 nitrogen and oxygen atoms in total. The fourth-order valence-electron chi connectivity index (χ4n) is 4.13. The van der Waals surface area contributed by atoms with Gasteiger partial charge in [-0.25, -0.2) is 0 Å². The number of aryl methyl sites for hydroxylation is 2. The van der Waals surface area contributed by atoms with Crippen LogP contribution in [0.2, 0.25) is 10.0 Å². The van der Waals surface area contributed by atoms with Gasteiger partial charge in [-0.15, -0.1) is 0 Å². The van der Waals surface area contributed by atoms with Gasteiger partial charge in [-0.3, -0.25) is 4.90 Å². The van der Waals surface area contributed by atoms with E-state index in [0.29, 0.717) is 22.7 Å². The lowest BCUT2D eigenvalue weighted by Crippen LogP contribution is -2.60. The Balaban J connectivity index is 1.51. The molecule has 1 N–H and O–H groups in total. The molecule has 26 heavy (non-hydrogen) atoms. The third-order valence-electron chi connectivity index (χ3n) is 5.44. The third-order valence-corrected chi connectivity index (χ3v) is 6.15. The molecule has 0 radical (unpaired) electrons. The van der Waals surface area contributed by atoms with Gasteiger partial charge >= 0.3 is 0 Å². The summed E-state index contributed by atoms with van der Waals surface area (Å²) in [6, 6.07) is 10.3. The summed E-state index contributed by atoms with van der Waals surface area (Å²) in [6.07, 6.45) is 2.15. The predicted octanol–water partition coefficient (Wildman–Crippen LogP) is 4.93. The van der Waals surface area contributed by atoms with Crippen LogP contribution in [0.3, 0.4) is 0 Å². The number of benzene rings is 2. The second kappa shape index (κ2) is 6.72. The molecule has 1 fully saturated rings. The van der Waals surface area contributed by atoms with E-state index in [-0.39, 0.29) is 0 Å². The van der Waals surface area contributed by atoms with E-state index < -0.39 is 5.60 Å². The van der Waals surface area contributed by atoms with Crippen molar-refractivity contribution in [2.75, 3.05) is 13.1 Å². The van der Waals surface area contributed by atoms with E-state index in [1.807, 2.05) is 25.1 Å². The standard InChI is InChI=1S/C21H23Cl2NO2/c1-13-8-15-14(6-7-19(15)24-11-21(2,25)12-24)9-20(13)26-10-16-17(22)4-3-5-18(16)23/h3-5,8-9,19,25H,6-7,10-12H2,1-2H3/t19-/m0/s1. The van der Waals surface area contributed by atoms with Gasteiger partial charge in [0.1, 0.15) is 12.4 Å². The first-order chi connectivity index (χ1) is 12.3. The van der Waals surface area contributed by atoms with Gasteiger partial charge in [0.05, 0.1) is 5.60 Å². The summed E-state index contributed by atoms with van der Waals surface area (Å²) < 4.78 is 6.06. The number of halogens is 2. The molecule has 2 aromatic carbocycles. The first-order valence-corrected chi connectivity index (χ1v) is 9.75. The van der Waals surface area contributed by atoms with Crippen molar-refractivity contribution in [3.63, 3.8) is 0 Å². The largest absolute Gasteiger partial charge is 0.489 e. The minimum Gasteiger partial charge on any atom is -0.489 e. The number of nitrogens with zero attached hydrogens (tertiary/aromatic N) is 1. The Hall–Kier alpha value is -1.26. The van der Waals surface area contributed by atoms with E-state index >= 15 is 0 Å². The van der Waals surface area contributed by atoms with Crippen molar-refractivity contribution >= 4 is 23.2 Å². The molecule has 138 valence electrons. The minimum atomic E-state index is -0.533. The lowest BCUT2D eigenvalue weighted by molar-refractivity contribution is -0.103. The zero-order valence-electron chi connectivity index (χ0n) is 15.1. The van der Waals surface area contributed by atoms with Crippen LogP contribution in [0.4, 0.5) is 0 Å². The quantitative estimate of drug-likeness (QED) is 0.801. The summed E-state index contributed by atoms with van der Waals surface area (Å²) in [4.78, 5) is 2.37. The molecule has 0 saturated carbocycles. The SMILES string of the molecule is Cc1cc2c(cc1OCc1c(Cl)cccc1Cl)CC[C@@H]2N1CC(C)(O)C1. The van der Waals surface area contributed by atoms with Crippen molar-refractivity contribution in [3.8, 4) is 5.75 Å². The average molecular weight is 392 g/mol. The summed E-state index contributed by atoms with van der Waals surface area (Å²) >= 11 is 12.5. The van der Waals surface area contributed by atoms with Crippen LogP contribution in [0.15, 0.2) is 30.3 Å². The molecule has 5 heteroatoms. The van der Waals surface area contributed by atoms with Crippen LogP contribution in [0, 0.1) is 6.92 Å². The molecule has 1 atom stereocenters. The number of hydrogen-bond acceptors (Lipinski definition) is 3. The molecule has 0 aromatic heterocycles. The summed E-state index contributed by atoms with van der Waals surface area (Å²) in [5.74, 6) is 0.885. The van der Waals surface area contributed by atoms with Crippen molar-refractivity contribution in [1.29, 1.82) is 0 Å². The number of rotatable bonds is 4. The number of β-amino-alcohol motifs (C(OH)–C–C–N with tert-alkyl or cyclic N) is 1. The van der Waals surface area contributed by atoms with Gasteiger partial charge in [-0.1, -0.05) is 35.3 Å². The van der Waals surface area contributed by atoms with E-state index in [2.05, 4.69) is 24.0 Å². The molecule has 2 aromatic rings. The fourth-order valence-corrected chi connectivity index (χ4v) is 4.64. The summed E-state index contributed by atoms with van der Waals surface area (Å²) in [5.41, 5.74) is 4.12. The van der Waals surface area contributed by atoms with Crippen molar-refractivity contribution in [2.24, 2.45) is 0 Å². The van der Waals surface area contributed by atoms with Crippen LogP contribution in [0.1, 0.15) is 41.6 Å². The smallest absolute Gasteiger partial charge is 0.123 e. The van der Waals surface area contributed by atoms with Crippen LogP contribution in [0.5, 0.6) is 5.75 Å². The zero-order chi connectivity index (χ0) is 18.5. The van der Waals surface area contributed by atoms with Gasteiger partial charge in [-0.05, 0) is 61.6 Å². The molecule has 1 aliphatic carbocycles. The Morgan fingerprint density at radius 2 is 1.92 bits per heavy atom. The van der Waals surface area contributed by atoms with E-state index in [1.54, 1.807) is 0 Å². The highest BCUT2D eigenvalue weighted by Crippen LogP contribution is 2.42. The van der Waals surface area contributed by atoms with Crippen molar-refractivity contribution in [3.05, 3.63) is 62.6 Å². The molecular formula is C21H23Cl2NO2. The Labute approximate surface area is 164 Å². The summed E-state index contributed by atoms with van der Waals surface area (Å²) in [5, 5.41) is 11.3. The number of aliphatic hydroxyl groups is 1. The van der Waals surface area contributed by atoms with Gasteiger partial charge in [0.2, 0.25) is 0 Å². The highest BCUT2D eigenvalue weighted by molar-refractivity contribution is 6.35. The number of likely N-dealkylation sites (tertiary alicyclic amines) is 1. The third kappa shape index (κ3) is 3.34. The van der Waals surface area contributed by atoms with Crippen LogP contribution >= 0.6 is 23.2 Å². The predicted molar refractivity (Wildman–Crippen MR) is 105 cm³/mol. The van der Waals surface area contributed by atoms with E-state index in [1.165, 1.54) is 11.1 Å². The van der Waals surface area contributed by atoms with E-state index in [0.717, 1.165) is 42.8 Å². The van der Waals surface area contributed by atoms with Crippen LogP contribution in [0.25, 0.3) is 0 Å². The number of hydrogen-bond donors (Lipinski definition) is 1. The Bertz CT molecular complexity index is 822. The minimum absolute atomic E-state index is 0.358. The van der Waals surface area contributed by atoms with Crippen LogP contribution in [-0.2, 0) is 13.0 Å². The molecule has 1 saturated heterocycles. The Kier molecular flexibility index (Phi) is 4.68. The number of fused-ring (bicyclic) bond motifs is 1. The maximum Gasteiger partial charge on any atom is 0.123 e. The molecule has 1 heterocycles. The molecule has 0 unspecified atom stereocenters. The van der Waals surface area contributed by atoms with Crippen molar-refractivity contribution in [2.45, 2.75) is 44.9 Å². The maximum atomic E-state index is 10.0. The molecule has 0 spiro atoms. The zero-order valence-corrected chi connectivity index (χ0v) is 16.6. The Morgan fingerprint density at radius 3 is 2.58 bits per heavy atom. The molecule has 2 aliphatic rings. The Morgan fingerprint density at radius 1 is 1.23 bits per heavy atom. The highest BCUT2D eigenvalue weighted by Gasteiger charge is 2.42. The molecule has 4 rings (SSSR count). The van der Waals surface area contributed by atoms with Gasteiger partial charge in [-0.2, -0.15) is 0 Å². The summed E-state index contributed by atoms with van der Waals surface area (Å²) in [7, 11) is 0. The average Bonchev–Trinajstić information content (AvgIpc) is 2.94.